The molecule has 0 bridgehead atoms. The predicted molar refractivity (Wildman–Crippen MR) is 105 cm³/mol. The van der Waals surface area contributed by atoms with Crippen LogP contribution in [0.5, 0.6) is 6.01 Å². The van der Waals surface area contributed by atoms with Gasteiger partial charge in [0.15, 0.2) is 5.82 Å². The Morgan fingerprint density at radius 1 is 1.10 bits per heavy atom. The first-order valence-corrected chi connectivity index (χ1v) is 8.91. The quantitative estimate of drug-likeness (QED) is 0.515. The van der Waals surface area contributed by atoms with Crippen molar-refractivity contribution in [2.75, 3.05) is 19.5 Å². The topological polar surface area (TPSA) is 87.0 Å². The second-order valence-electron chi connectivity index (χ2n) is 6.28. The summed E-state index contributed by atoms with van der Waals surface area (Å²) in [6.45, 7) is 0.821. The number of benzene rings is 2. The van der Waals surface area contributed by atoms with Gasteiger partial charge in [-0.25, -0.2) is 8.96 Å². The molecule has 8 nitrogen and oxygen atoms in total. The van der Waals surface area contributed by atoms with Crippen LogP contribution in [0, 0.1) is 5.82 Å². The highest BCUT2D eigenvalue weighted by Gasteiger charge is 2.18. The minimum atomic E-state index is -0.285. The number of hydrogen-bond acceptors (Lipinski definition) is 7. The Kier molecular flexibility index (Phi) is 5.30. The molecule has 2 heterocycles. The van der Waals surface area contributed by atoms with Crippen molar-refractivity contribution in [3.05, 3.63) is 65.6 Å². The fourth-order valence-electron chi connectivity index (χ4n) is 3.05. The Labute approximate surface area is 166 Å². The molecular weight excluding hydrogens is 375 g/mol. The van der Waals surface area contributed by atoms with E-state index in [1.807, 2.05) is 24.3 Å². The number of aromatic nitrogens is 5. The van der Waals surface area contributed by atoms with Crippen LogP contribution in [0.25, 0.3) is 17.0 Å². The molecule has 0 fully saturated rings. The monoisotopic (exact) mass is 394 g/mol. The fraction of sp³-hybridized carbons (Fsp3) is 0.200. The van der Waals surface area contributed by atoms with Crippen molar-refractivity contribution in [2.24, 2.45) is 0 Å². The van der Waals surface area contributed by atoms with Gasteiger partial charge in [-0.2, -0.15) is 15.1 Å². The largest absolute Gasteiger partial charge is 0.468 e. The standard InChI is InChI=1S/C20H19FN6O2/c1-28-12-14-6-4-8-16-18(14)25-20(29-2)27(16)19-24-17(11-23-26-19)22-10-13-5-3-7-15(21)9-13/h3-9,11H,10,12H2,1-2H3,(H,22,24,26). The van der Waals surface area contributed by atoms with Gasteiger partial charge in [-0.1, -0.05) is 24.3 Å². The van der Waals surface area contributed by atoms with Crippen LogP contribution in [0.3, 0.4) is 0 Å². The Morgan fingerprint density at radius 2 is 1.97 bits per heavy atom. The molecule has 0 aliphatic rings. The van der Waals surface area contributed by atoms with Crippen LogP contribution >= 0.6 is 0 Å². The first-order chi connectivity index (χ1) is 14.2. The number of fused-ring (bicyclic) bond motifs is 1. The average Bonchev–Trinajstić information content (AvgIpc) is 3.12. The van der Waals surface area contributed by atoms with Crippen molar-refractivity contribution >= 4 is 16.9 Å². The van der Waals surface area contributed by atoms with Crippen molar-refractivity contribution < 1.29 is 13.9 Å². The summed E-state index contributed by atoms with van der Waals surface area (Å²) in [5.41, 5.74) is 3.24. The van der Waals surface area contributed by atoms with Crippen LogP contribution in [0.15, 0.2) is 48.7 Å². The van der Waals surface area contributed by atoms with E-state index in [0.717, 1.165) is 22.2 Å². The van der Waals surface area contributed by atoms with Crippen LogP contribution < -0.4 is 10.1 Å². The maximum atomic E-state index is 13.4. The normalized spacial score (nSPS) is 11.0. The van der Waals surface area contributed by atoms with E-state index in [1.54, 1.807) is 17.7 Å². The SMILES string of the molecule is COCc1cccc2c1nc(OC)n2-c1nncc(NCc2cccc(F)c2)n1. The van der Waals surface area contributed by atoms with E-state index in [0.29, 0.717) is 30.9 Å². The minimum Gasteiger partial charge on any atom is -0.468 e. The van der Waals surface area contributed by atoms with Gasteiger partial charge in [-0.3, -0.25) is 0 Å². The molecule has 0 saturated heterocycles. The molecule has 1 N–H and O–H groups in total. The Bertz CT molecular complexity index is 1150. The number of ether oxygens (including phenoxy) is 2. The molecule has 0 amide bonds. The van der Waals surface area contributed by atoms with Crippen LogP contribution in [0.1, 0.15) is 11.1 Å². The van der Waals surface area contributed by atoms with Crippen molar-refractivity contribution in [1.82, 2.24) is 24.7 Å². The lowest BCUT2D eigenvalue weighted by molar-refractivity contribution is 0.186. The lowest BCUT2D eigenvalue weighted by Crippen LogP contribution is -2.09. The molecule has 0 spiro atoms. The number of methoxy groups -OCH3 is 2. The van der Waals surface area contributed by atoms with Crippen molar-refractivity contribution in [3.8, 4) is 12.0 Å². The van der Waals surface area contributed by atoms with Gasteiger partial charge in [0, 0.05) is 19.2 Å². The van der Waals surface area contributed by atoms with Crippen LogP contribution in [0.2, 0.25) is 0 Å². The number of para-hydroxylation sites is 1. The van der Waals surface area contributed by atoms with Gasteiger partial charge in [-0.05, 0) is 23.8 Å². The number of rotatable bonds is 7. The third-order valence-corrected chi connectivity index (χ3v) is 4.33. The lowest BCUT2D eigenvalue weighted by Gasteiger charge is -2.09. The molecule has 0 atom stereocenters. The summed E-state index contributed by atoms with van der Waals surface area (Å²) in [5, 5.41) is 11.3. The van der Waals surface area contributed by atoms with Crippen LogP contribution in [-0.4, -0.2) is 39.0 Å². The third kappa shape index (κ3) is 3.85. The molecule has 148 valence electrons. The second-order valence-corrected chi connectivity index (χ2v) is 6.28. The Balaban J connectivity index is 1.69. The zero-order valence-corrected chi connectivity index (χ0v) is 16.0. The summed E-state index contributed by atoms with van der Waals surface area (Å²) >= 11 is 0. The average molecular weight is 394 g/mol. The number of nitrogens with zero attached hydrogens (tertiary/aromatic N) is 5. The molecule has 2 aromatic heterocycles. The van der Waals surface area contributed by atoms with E-state index in [2.05, 4.69) is 25.5 Å². The second kappa shape index (κ2) is 8.19. The molecule has 9 heteroatoms. The summed E-state index contributed by atoms with van der Waals surface area (Å²) in [4.78, 5) is 9.07. The van der Waals surface area contributed by atoms with Crippen molar-refractivity contribution in [3.63, 3.8) is 0 Å². The smallest absolute Gasteiger partial charge is 0.304 e. The molecule has 29 heavy (non-hydrogen) atoms. The predicted octanol–water partition coefficient (Wildman–Crippen LogP) is 3.12. The number of imidazole rings is 1. The maximum absolute atomic E-state index is 13.4. The summed E-state index contributed by atoms with van der Waals surface area (Å²) in [7, 11) is 3.17. The molecule has 4 rings (SSSR count). The van der Waals surface area contributed by atoms with E-state index < -0.39 is 0 Å². The molecule has 0 saturated carbocycles. The van der Waals surface area contributed by atoms with E-state index in [4.69, 9.17) is 9.47 Å². The van der Waals surface area contributed by atoms with Gasteiger partial charge < -0.3 is 14.8 Å². The zero-order chi connectivity index (χ0) is 20.2. The maximum Gasteiger partial charge on any atom is 0.304 e. The van der Waals surface area contributed by atoms with E-state index >= 15 is 0 Å². The molecule has 0 aliphatic heterocycles. The molecular formula is C20H19FN6O2. The van der Waals surface area contributed by atoms with E-state index in [1.165, 1.54) is 25.4 Å². The van der Waals surface area contributed by atoms with Gasteiger partial charge >= 0.3 is 6.01 Å². The third-order valence-electron chi connectivity index (χ3n) is 4.33. The van der Waals surface area contributed by atoms with E-state index in [-0.39, 0.29) is 5.82 Å². The van der Waals surface area contributed by atoms with Crippen molar-refractivity contribution in [1.29, 1.82) is 0 Å². The summed E-state index contributed by atoms with van der Waals surface area (Å²) < 4.78 is 25.7. The van der Waals surface area contributed by atoms with Crippen LogP contribution in [-0.2, 0) is 17.9 Å². The first kappa shape index (κ1) is 18.8. The fourth-order valence-corrected chi connectivity index (χ4v) is 3.05. The molecule has 2 aromatic carbocycles. The minimum absolute atomic E-state index is 0.285. The number of nitrogens with one attached hydrogen (secondary N) is 1. The molecule has 0 aliphatic carbocycles. The molecule has 0 unspecified atom stereocenters. The number of halogens is 1. The number of hydrogen-bond donors (Lipinski definition) is 1. The Hall–Kier alpha value is -3.59. The highest BCUT2D eigenvalue weighted by Crippen LogP contribution is 2.27. The zero-order valence-electron chi connectivity index (χ0n) is 16.0. The van der Waals surface area contributed by atoms with Gasteiger partial charge in [0.2, 0.25) is 0 Å². The summed E-state index contributed by atoms with van der Waals surface area (Å²) in [6, 6.07) is 12.5. The van der Waals surface area contributed by atoms with Gasteiger partial charge in [0.1, 0.15) is 5.82 Å². The van der Waals surface area contributed by atoms with E-state index in [9.17, 15) is 4.39 Å². The van der Waals surface area contributed by atoms with Gasteiger partial charge in [0.25, 0.3) is 5.95 Å². The van der Waals surface area contributed by atoms with Gasteiger partial charge in [0.05, 0.1) is 30.9 Å². The van der Waals surface area contributed by atoms with Crippen LogP contribution in [0.4, 0.5) is 10.2 Å². The highest BCUT2D eigenvalue weighted by molar-refractivity contribution is 5.81. The summed E-state index contributed by atoms with van der Waals surface area (Å²) in [6.07, 6.45) is 1.50. The first-order valence-electron chi connectivity index (χ1n) is 8.91. The lowest BCUT2D eigenvalue weighted by atomic mass is 10.2. The van der Waals surface area contributed by atoms with Crippen molar-refractivity contribution in [2.45, 2.75) is 13.2 Å². The summed E-state index contributed by atoms with van der Waals surface area (Å²) in [5.74, 6) is 0.520. The Morgan fingerprint density at radius 3 is 2.76 bits per heavy atom. The highest BCUT2D eigenvalue weighted by atomic mass is 19.1. The molecule has 0 radical (unpaired) electrons. The molecule has 4 aromatic rings. The number of anilines is 1. The van der Waals surface area contributed by atoms with Gasteiger partial charge in [-0.15, -0.1) is 5.10 Å².